The third kappa shape index (κ3) is 3.36. The first-order chi connectivity index (χ1) is 17.0. The van der Waals surface area contributed by atoms with Gasteiger partial charge in [0.05, 0.1) is 6.10 Å². The van der Waals surface area contributed by atoms with Gasteiger partial charge in [-0.3, -0.25) is 0 Å². The van der Waals surface area contributed by atoms with Crippen molar-refractivity contribution in [3.05, 3.63) is 130 Å². The molecule has 2 N–H and O–H groups in total. The molecule has 0 amide bonds. The predicted octanol–water partition coefficient (Wildman–Crippen LogP) is 5.94. The van der Waals surface area contributed by atoms with Gasteiger partial charge < -0.3 is 19.7 Å². The summed E-state index contributed by atoms with van der Waals surface area (Å²) in [4.78, 5) is 0. The second-order valence-electron chi connectivity index (χ2n) is 9.26. The van der Waals surface area contributed by atoms with Crippen LogP contribution < -0.4 is 9.47 Å². The van der Waals surface area contributed by atoms with Crippen molar-refractivity contribution < 1.29 is 19.7 Å². The monoisotopic (exact) mass is 484 g/mol. The van der Waals surface area contributed by atoms with E-state index in [4.69, 9.17) is 21.1 Å². The molecule has 35 heavy (non-hydrogen) atoms. The van der Waals surface area contributed by atoms with Gasteiger partial charge in [0, 0.05) is 22.6 Å². The lowest BCUT2D eigenvalue weighted by atomic mass is 9.71. The fourth-order valence-electron chi connectivity index (χ4n) is 5.74. The maximum Gasteiger partial charge on any atom is 0.176 e. The van der Waals surface area contributed by atoms with Crippen LogP contribution in [0.5, 0.6) is 11.5 Å². The number of fused-ring (bicyclic) bond motifs is 3. The van der Waals surface area contributed by atoms with E-state index in [1.165, 1.54) is 0 Å². The summed E-state index contributed by atoms with van der Waals surface area (Å²) in [5, 5.41) is 24.3. The third-order valence-corrected chi connectivity index (χ3v) is 7.61. The van der Waals surface area contributed by atoms with Crippen molar-refractivity contribution in [3.8, 4) is 11.5 Å². The van der Waals surface area contributed by atoms with Gasteiger partial charge >= 0.3 is 0 Å². The molecule has 0 spiro atoms. The number of rotatable bonds is 5. The van der Waals surface area contributed by atoms with Crippen molar-refractivity contribution in [1.29, 1.82) is 0 Å². The molecule has 1 heterocycles. The molecular formula is C30H25ClO4. The van der Waals surface area contributed by atoms with Gasteiger partial charge in [-0.1, -0.05) is 84.4 Å². The van der Waals surface area contributed by atoms with Crippen LogP contribution in [0.3, 0.4) is 0 Å². The predicted molar refractivity (Wildman–Crippen MR) is 135 cm³/mol. The minimum atomic E-state index is -1.64. The fourth-order valence-corrected chi connectivity index (χ4v) is 5.87. The van der Waals surface area contributed by atoms with Crippen molar-refractivity contribution >= 4 is 11.6 Å². The molecular weight excluding hydrogens is 460 g/mol. The van der Waals surface area contributed by atoms with E-state index >= 15 is 0 Å². The number of aliphatic hydroxyl groups excluding tert-OH is 1. The maximum atomic E-state index is 12.3. The van der Waals surface area contributed by atoms with Gasteiger partial charge in [0.2, 0.25) is 0 Å². The molecule has 0 saturated heterocycles. The summed E-state index contributed by atoms with van der Waals surface area (Å²) in [6.45, 7) is 0.418. The van der Waals surface area contributed by atoms with Gasteiger partial charge in [-0.25, -0.2) is 0 Å². The largest absolute Gasteiger partial charge is 0.489 e. The second kappa shape index (κ2) is 8.42. The van der Waals surface area contributed by atoms with Crippen LogP contribution in [0.25, 0.3) is 0 Å². The molecule has 4 aromatic carbocycles. The molecule has 0 radical (unpaired) electrons. The van der Waals surface area contributed by atoms with E-state index in [0.717, 1.165) is 16.7 Å². The average Bonchev–Trinajstić information content (AvgIpc) is 3.29. The SMILES string of the molecule is O[C@H]1C[C@H](c2ccccc2)[C@@]2(c3ccc(Cl)cc3)Oc3cc(OCc4ccccc4)ccc3[C@@]12O. The molecule has 5 heteroatoms. The molecule has 1 fully saturated rings. The molecule has 1 aliphatic carbocycles. The van der Waals surface area contributed by atoms with Crippen molar-refractivity contribution in [2.45, 2.75) is 36.3 Å². The first-order valence-electron chi connectivity index (χ1n) is 11.7. The summed E-state index contributed by atoms with van der Waals surface area (Å²) >= 11 is 6.20. The van der Waals surface area contributed by atoms with E-state index in [9.17, 15) is 10.2 Å². The van der Waals surface area contributed by atoms with Crippen LogP contribution in [0.4, 0.5) is 0 Å². The highest BCUT2D eigenvalue weighted by molar-refractivity contribution is 6.30. The van der Waals surface area contributed by atoms with Gasteiger partial charge in [0.1, 0.15) is 18.1 Å². The van der Waals surface area contributed by atoms with E-state index in [1.54, 1.807) is 18.2 Å². The molecule has 2 aliphatic rings. The zero-order chi connectivity index (χ0) is 24.0. The molecule has 0 bridgehead atoms. The smallest absolute Gasteiger partial charge is 0.176 e. The highest BCUT2D eigenvalue weighted by Crippen LogP contribution is 2.66. The summed E-state index contributed by atoms with van der Waals surface area (Å²) in [6, 6.07) is 32.6. The Morgan fingerprint density at radius 3 is 2.29 bits per heavy atom. The number of halogens is 1. The fraction of sp³-hybridized carbons (Fsp3) is 0.200. The summed E-state index contributed by atoms with van der Waals surface area (Å²) < 4.78 is 12.8. The Labute approximate surface area is 209 Å². The Kier molecular flexibility index (Phi) is 5.33. The molecule has 176 valence electrons. The highest BCUT2D eigenvalue weighted by atomic mass is 35.5. The molecule has 4 atom stereocenters. The molecule has 1 aliphatic heterocycles. The summed E-state index contributed by atoms with van der Waals surface area (Å²) in [5.74, 6) is 0.854. The standard InChI is InChI=1S/C30H25ClO4/c31-23-13-11-22(12-14-23)30-26(21-9-5-2-6-10-21)18-28(32)29(30,33)25-16-15-24(17-27(25)35-30)34-19-20-7-3-1-4-8-20/h1-17,26,28,32-33H,18-19H2/t26-,28+,29-,30-/m1/s1. The van der Waals surface area contributed by atoms with E-state index < -0.39 is 17.3 Å². The topological polar surface area (TPSA) is 58.9 Å². The van der Waals surface area contributed by atoms with Gasteiger partial charge in [0.25, 0.3) is 0 Å². The van der Waals surface area contributed by atoms with Crippen LogP contribution >= 0.6 is 11.6 Å². The number of benzene rings is 4. The van der Waals surface area contributed by atoms with Gasteiger partial charge in [-0.05, 0) is 47.4 Å². The molecule has 4 aromatic rings. The summed E-state index contributed by atoms with van der Waals surface area (Å²) in [5.41, 5.74) is 0.503. The van der Waals surface area contributed by atoms with Gasteiger partial charge in [-0.15, -0.1) is 0 Å². The Bertz CT molecular complexity index is 1340. The second-order valence-corrected chi connectivity index (χ2v) is 9.69. The number of ether oxygens (including phenoxy) is 2. The van der Waals surface area contributed by atoms with Crippen LogP contribution in [0.1, 0.15) is 34.6 Å². The Hall–Kier alpha value is -3.31. The highest BCUT2D eigenvalue weighted by Gasteiger charge is 2.72. The lowest BCUT2D eigenvalue weighted by molar-refractivity contribution is -0.149. The first-order valence-corrected chi connectivity index (χ1v) is 12.1. The minimum absolute atomic E-state index is 0.286. The van der Waals surface area contributed by atoms with Gasteiger partial charge in [0.15, 0.2) is 11.2 Å². The van der Waals surface area contributed by atoms with Crippen LogP contribution in [-0.2, 0) is 17.8 Å². The van der Waals surface area contributed by atoms with Crippen LogP contribution in [0, 0.1) is 0 Å². The number of hydrogen-bond donors (Lipinski definition) is 2. The van der Waals surface area contributed by atoms with E-state index in [1.807, 2.05) is 84.9 Å². The molecule has 0 aromatic heterocycles. The van der Waals surface area contributed by atoms with Crippen molar-refractivity contribution in [1.82, 2.24) is 0 Å². The number of aliphatic hydroxyl groups is 2. The minimum Gasteiger partial charge on any atom is -0.489 e. The molecule has 4 nitrogen and oxygen atoms in total. The summed E-state index contributed by atoms with van der Waals surface area (Å²) in [7, 11) is 0. The average molecular weight is 485 g/mol. The quantitative estimate of drug-likeness (QED) is 0.368. The molecule has 6 rings (SSSR count). The van der Waals surface area contributed by atoms with Crippen molar-refractivity contribution in [2.24, 2.45) is 0 Å². The summed E-state index contributed by atoms with van der Waals surface area (Å²) in [6.07, 6.45) is -0.671. The third-order valence-electron chi connectivity index (χ3n) is 7.36. The van der Waals surface area contributed by atoms with E-state index in [-0.39, 0.29) is 5.92 Å². The zero-order valence-electron chi connectivity index (χ0n) is 19.0. The lowest BCUT2D eigenvalue weighted by Crippen LogP contribution is -2.51. The number of hydrogen-bond acceptors (Lipinski definition) is 4. The maximum absolute atomic E-state index is 12.3. The van der Waals surface area contributed by atoms with E-state index in [0.29, 0.717) is 35.1 Å². The Morgan fingerprint density at radius 2 is 1.57 bits per heavy atom. The molecule has 0 unspecified atom stereocenters. The van der Waals surface area contributed by atoms with Crippen LogP contribution in [0.2, 0.25) is 5.02 Å². The van der Waals surface area contributed by atoms with Crippen molar-refractivity contribution in [3.63, 3.8) is 0 Å². The van der Waals surface area contributed by atoms with E-state index in [2.05, 4.69) is 0 Å². The zero-order valence-corrected chi connectivity index (χ0v) is 19.7. The van der Waals surface area contributed by atoms with Gasteiger partial charge in [-0.2, -0.15) is 0 Å². The van der Waals surface area contributed by atoms with Crippen LogP contribution in [-0.4, -0.2) is 16.3 Å². The first kappa shape index (κ1) is 22.2. The Morgan fingerprint density at radius 1 is 0.886 bits per heavy atom. The van der Waals surface area contributed by atoms with Crippen LogP contribution in [0.15, 0.2) is 103 Å². The molecule has 1 saturated carbocycles. The van der Waals surface area contributed by atoms with Crippen molar-refractivity contribution in [2.75, 3.05) is 0 Å². The Balaban J connectivity index is 1.45. The normalized spacial score (nSPS) is 26.6. The lowest BCUT2D eigenvalue weighted by Gasteiger charge is -2.40.